The van der Waals surface area contributed by atoms with Crippen LogP contribution in [0.3, 0.4) is 0 Å². The molecule has 5 nitrogen and oxygen atoms in total. The third-order valence-electron chi connectivity index (χ3n) is 3.64. The average Bonchev–Trinajstić information content (AvgIpc) is 2.41. The molecular formula is C14H21N3O2. The maximum Gasteiger partial charge on any atom is 0.252 e. The van der Waals surface area contributed by atoms with E-state index < -0.39 is 0 Å². The molecule has 1 fully saturated rings. The van der Waals surface area contributed by atoms with Crippen molar-refractivity contribution < 1.29 is 4.79 Å². The first-order valence-corrected chi connectivity index (χ1v) is 6.84. The van der Waals surface area contributed by atoms with Gasteiger partial charge in [0.25, 0.3) is 5.91 Å². The smallest absolute Gasteiger partial charge is 0.252 e. The molecule has 5 heteroatoms. The van der Waals surface area contributed by atoms with Crippen LogP contribution in [-0.4, -0.2) is 42.0 Å². The minimum absolute atomic E-state index is 0.137. The van der Waals surface area contributed by atoms with Gasteiger partial charge in [-0.2, -0.15) is 0 Å². The Balaban J connectivity index is 1.72. The van der Waals surface area contributed by atoms with Gasteiger partial charge in [0.2, 0.25) is 5.56 Å². The Morgan fingerprint density at radius 3 is 2.79 bits per heavy atom. The number of hydrogen-bond acceptors (Lipinski definition) is 3. The normalized spacial score (nSPS) is 17.3. The Bertz CT molecular complexity index is 455. The quantitative estimate of drug-likeness (QED) is 0.846. The van der Waals surface area contributed by atoms with Crippen LogP contribution in [0.4, 0.5) is 0 Å². The first-order valence-electron chi connectivity index (χ1n) is 6.84. The van der Waals surface area contributed by atoms with Gasteiger partial charge in [0, 0.05) is 25.4 Å². The third kappa shape index (κ3) is 4.21. The molecule has 0 atom stereocenters. The summed E-state index contributed by atoms with van der Waals surface area (Å²) in [7, 11) is 0. The van der Waals surface area contributed by atoms with Gasteiger partial charge in [-0.3, -0.25) is 9.59 Å². The number of nitrogens with zero attached hydrogens (tertiary/aromatic N) is 1. The van der Waals surface area contributed by atoms with Crippen LogP contribution in [0.15, 0.2) is 23.1 Å². The van der Waals surface area contributed by atoms with Gasteiger partial charge in [-0.15, -0.1) is 0 Å². The summed E-state index contributed by atoms with van der Waals surface area (Å²) in [5.74, 6) is 0.689. The van der Waals surface area contributed by atoms with E-state index in [1.807, 2.05) is 0 Å². The molecule has 104 valence electrons. The summed E-state index contributed by atoms with van der Waals surface area (Å²) in [6.07, 6.45) is 3.93. The monoisotopic (exact) mass is 263 g/mol. The van der Waals surface area contributed by atoms with E-state index >= 15 is 0 Å². The van der Waals surface area contributed by atoms with E-state index in [1.54, 1.807) is 0 Å². The molecule has 0 spiro atoms. The topological polar surface area (TPSA) is 65.2 Å². The van der Waals surface area contributed by atoms with Crippen LogP contribution >= 0.6 is 0 Å². The third-order valence-corrected chi connectivity index (χ3v) is 3.64. The number of carbonyl (C=O) groups is 1. The van der Waals surface area contributed by atoms with Crippen molar-refractivity contribution >= 4 is 5.91 Å². The number of amides is 1. The SMILES string of the molecule is CC1CCN(CCNC(=O)c2ccc(=O)[nH]c2)CC1. The van der Waals surface area contributed by atoms with Crippen LogP contribution in [0.1, 0.15) is 30.1 Å². The second-order valence-corrected chi connectivity index (χ2v) is 5.22. The molecule has 2 N–H and O–H groups in total. The second kappa shape index (κ2) is 6.52. The number of hydrogen-bond donors (Lipinski definition) is 2. The van der Waals surface area contributed by atoms with Crippen molar-refractivity contribution in [2.75, 3.05) is 26.2 Å². The van der Waals surface area contributed by atoms with Crippen LogP contribution in [-0.2, 0) is 0 Å². The summed E-state index contributed by atoms with van der Waals surface area (Å²) in [5, 5.41) is 2.87. The van der Waals surface area contributed by atoms with E-state index in [4.69, 9.17) is 0 Å². The van der Waals surface area contributed by atoms with E-state index in [0.717, 1.165) is 25.6 Å². The van der Waals surface area contributed by atoms with E-state index in [2.05, 4.69) is 22.1 Å². The first-order chi connectivity index (χ1) is 9.15. The van der Waals surface area contributed by atoms with Crippen molar-refractivity contribution in [2.45, 2.75) is 19.8 Å². The lowest BCUT2D eigenvalue weighted by atomic mass is 9.99. The Kier molecular flexibility index (Phi) is 4.74. The number of pyridine rings is 1. The van der Waals surface area contributed by atoms with Crippen molar-refractivity contribution in [3.8, 4) is 0 Å². The van der Waals surface area contributed by atoms with Crippen LogP contribution in [0.5, 0.6) is 0 Å². The van der Waals surface area contributed by atoms with Gasteiger partial charge in [-0.05, 0) is 37.9 Å². The first kappa shape index (κ1) is 13.8. The Morgan fingerprint density at radius 2 is 2.16 bits per heavy atom. The molecule has 1 saturated heterocycles. The highest BCUT2D eigenvalue weighted by molar-refractivity contribution is 5.93. The van der Waals surface area contributed by atoms with Gasteiger partial charge in [-0.25, -0.2) is 0 Å². The fraction of sp³-hybridized carbons (Fsp3) is 0.571. The van der Waals surface area contributed by atoms with Gasteiger partial charge in [0.05, 0.1) is 5.56 Å². The molecular weight excluding hydrogens is 242 g/mol. The molecule has 0 aromatic carbocycles. The predicted octanol–water partition coefficient (Wildman–Crippen LogP) is 0.837. The van der Waals surface area contributed by atoms with E-state index in [0.29, 0.717) is 12.1 Å². The van der Waals surface area contributed by atoms with Crippen LogP contribution in [0.2, 0.25) is 0 Å². The van der Waals surface area contributed by atoms with E-state index in [-0.39, 0.29) is 11.5 Å². The summed E-state index contributed by atoms with van der Waals surface area (Å²) >= 11 is 0. The summed E-state index contributed by atoms with van der Waals surface area (Å²) in [4.78, 5) is 27.6. The number of nitrogens with one attached hydrogen (secondary N) is 2. The maximum absolute atomic E-state index is 11.8. The van der Waals surface area contributed by atoms with Gasteiger partial charge in [-0.1, -0.05) is 6.92 Å². The number of H-pyrrole nitrogens is 1. The van der Waals surface area contributed by atoms with Crippen molar-refractivity contribution in [3.63, 3.8) is 0 Å². The number of piperidine rings is 1. The summed E-state index contributed by atoms with van der Waals surface area (Å²) < 4.78 is 0. The van der Waals surface area contributed by atoms with Crippen molar-refractivity contribution in [2.24, 2.45) is 5.92 Å². The van der Waals surface area contributed by atoms with Crippen LogP contribution in [0, 0.1) is 5.92 Å². The molecule has 2 rings (SSSR count). The van der Waals surface area contributed by atoms with Crippen molar-refractivity contribution in [3.05, 3.63) is 34.2 Å². The Labute approximate surface area is 113 Å². The van der Waals surface area contributed by atoms with Gasteiger partial charge in [0.15, 0.2) is 0 Å². The molecule has 1 aromatic heterocycles. The number of rotatable bonds is 4. The summed E-state index contributed by atoms with van der Waals surface area (Å²) in [6, 6.07) is 2.90. The van der Waals surface area contributed by atoms with E-state index in [9.17, 15) is 9.59 Å². The molecule has 0 radical (unpaired) electrons. The fourth-order valence-corrected chi connectivity index (χ4v) is 2.27. The lowest BCUT2D eigenvalue weighted by molar-refractivity contribution is 0.0944. The highest BCUT2D eigenvalue weighted by atomic mass is 16.1. The zero-order valence-electron chi connectivity index (χ0n) is 11.3. The maximum atomic E-state index is 11.8. The standard InChI is InChI=1S/C14H21N3O2/c1-11-4-7-17(8-5-11)9-6-15-14(19)12-2-3-13(18)16-10-12/h2-3,10-11H,4-9H2,1H3,(H,15,19)(H,16,18). The predicted molar refractivity (Wildman–Crippen MR) is 74.2 cm³/mol. The van der Waals surface area contributed by atoms with Crippen molar-refractivity contribution in [1.82, 2.24) is 15.2 Å². The number of aromatic nitrogens is 1. The minimum atomic E-state index is -0.195. The van der Waals surface area contributed by atoms with E-state index in [1.165, 1.54) is 31.2 Å². The molecule has 0 saturated carbocycles. The molecule has 1 aliphatic heterocycles. The zero-order chi connectivity index (χ0) is 13.7. The highest BCUT2D eigenvalue weighted by Crippen LogP contribution is 2.15. The van der Waals surface area contributed by atoms with Crippen molar-refractivity contribution in [1.29, 1.82) is 0 Å². The molecule has 19 heavy (non-hydrogen) atoms. The zero-order valence-corrected chi connectivity index (χ0v) is 11.3. The van der Waals surface area contributed by atoms with Gasteiger partial charge in [0.1, 0.15) is 0 Å². The molecule has 1 aliphatic rings. The van der Waals surface area contributed by atoms with Gasteiger partial charge >= 0.3 is 0 Å². The van der Waals surface area contributed by atoms with Crippen LogP contribution in [0.25, 0.3) is 0 Å². The van der Waals surface area contributed by atoms with Crippen LogP contribution < -0.4 is 10.9 Å². The number of aromatic amines is 1. The average molecular weight is 263 g/mol. The van der Waals surface area contributed by atoms with Gasteiger partial charge < -0.3 is 15.2 Å². The lowest BCUT2D eigenvalue weighted by Gasteiger charge is -2.30. The number of likely N-dealkylation sites (tertiary alicyclic amines) is 1. The molecule has 0 aliphatic carbocycles. The minimum Gasteiger partial charge on any atom is -0.351 e. The number of carbonyl (C=O) groups excluding carboxylic acids is 1. The Hall–Kier alpha value is -1.62. The summed E-state index contributed by atoms with van der Waals surface area (Å²) in [6.45, 7) is 6.06. The summed E-state index contributed by atoms with van der Waals surface area (Å²) in [5.41, 5.74) is 0.297. The highest BCUT2D eigenvalue weighted by Gasteiger charge is 2.15. The molecule has 1 amide bonds. The molecule has 0 bridgehead atoms. The molecule has 2 heterocycles. The Morgan fingerprint density at radius 1 is 1.42 bits per heavy atom. The lowest BCUT2D eigenvalue weighted by Crippen LogP contribution is -2.39. The molecule has 1 aromatic rings. The molecule has 0 unspecified atom stereocenters. The largest absolute Gasteiger partial charge is 0.351 e. The second-order valence-electron chi connectivity index (χ2n) is 5.22. The fourth-order valence-electron chi connectivity index (χ4n) is 2.27.